The van der Waals surface area contributed by atoms with Gasteiger partial charge in [0.25, 0.3) is 0 Å². The van der Waals surface area contributed by atoms with Crippen molar-refractivity contribution < 1.29 is 13.5 Å². The third-order valence-electron chi connectivity index (χ3n) is 4.79. The molecule has 0 amide bonds. The maximum Gasteiger partial charge on any atom is 0.214 e. The Kier molecular flexibility index (Phi) is 5.84. The highest BCUT2D eigenvalue weighted by Crippen LogP contribution is 2.27. The zero-order valence-corrected chi connectivity index (χ0v) is 13.3. The molecule has 1 atom stereocenters. The molecule has 6 heteroatoms. The number of hydrogen-bond donors (Lipinski definition) is 1. The van der Waals surface area contributed by atoms with Crippen molar-refractivity contribution in [1.82, 2.24) is 9.21 Å². The number of aliphatic hydroxyl groups is 1. The van der Waals surface area contributed by atoms with Crippen LogP contribution in [0.4, 0.5) is 0 Å². The van der Waals surface area contributed by atoms with E-state index in [1.165, 1.54) is 12.8 Å². The van der Waals surface area contributed by atoms with Gasteiger partial charge in [0, 0.05) is 32.2 Å². The molecule has 5 nitrogen and oxygen atoms in total. The van der Waals surface area contributed by atoms with Crippen LogP contribution in [0.5, 0.6) is 0 Å². The SMILES string of the molecule is CCC(CO)N1CCN(S(=O)(=O)CC2CCCC2)CC1. The largest absolute Gasteiger partial charge is 0.395 e. The van der Waals surface area contributed by atoms with Crippen LogP contribution in [0.1, 0.15) is 39.0 Å². The van der Waals surface area contributed by atoms with Gasteiger partial charge in [0.15, 0.2) is 0 Å². The third kappa shape index (κ3) is 3.93. The second-order valence-electron chi connectivity index (χ2n) is 6.11. The van der Waals surface area contributed by atoms with Crippen molar-refractivity contribution in [3.05, 3.63) is 0 Å². The summed E-state index contributed by atoms with van der Waals surface area (Å²) in [7, 11) is -3.09. The van der Waals surface area contributed by atoms with E-state index >= 15 is 0 Å². The van der Waals surface area contributed by atoms with E-state index < -0.39 is 10.0 Å². The lowest BCUT2D eigenvalue weighted by atomic mass is 10.1. The topological polar surface area (TPSA) is 60.9 Å². The Bertz CT molecular complexity index is 381. The molecule has 0 spiro atoms. The molecule has 0 aromatic heterocycles. The first-order valence-corrected chi connectivity index (χ1v) is 9.50. The Morgan fingerprint density at radius 2 is 1.75 bits per heavy atom. The van der Waals surface area contributed by atoms with E-state index in [1.54, 1.807) is 4.31 Å². The normalized spacial score (nSPS) is 25.1. The predicted molar refractivity (Wildman–Crippen MR) is 80.1 cm³/mol. The maximum absolute atomic E-state index is 12.4. The van der Waals surface area contributed by atoms with Crippen LogP contribution in [0.3, 0.4) is 0 Å². The quantitative estimate of drug-likeness (QED) is 0.792. The molecule has 2 rings (SSSR count). The summed E-state index contributed by atoms with van der Waals surface area (Å²) in [5.74, 6) is 0.711. The Balaban J connectivity index is 1.85. The van der Waals surface area contributed by atoms with Crippen molar-refractivity contribution in [2.75, 3.05) is 38.5 Å². The Hall–Kier alpha value is -0.170. The van der Waals surface area contributed by atoms with Crippen LogP contribution in [0.25, 0.3) is 0 Å². The highest BCUT2D eigenvalue weighted by molar-refractivity contribution is 7.89. The number of aliphatic hydroxyl groups excluding tert-OH is 1. The van der Waals surface area contributed by atoms with Crippen LogP contribution in [0, 0.1) is 5.92 Å². The van der Waals surface area contributed by atoms with E-state index in [-0.39, 0.29) is 12.6 Å². The molecule has 0 bridgehead atoms. The van der Waals surface area contributed by atoms with Gasteiger partial charge < -0.3 is 5.11 Å². The third-order valence-corrected chi connectivity index (χ3v) is 6.83. The second-order valence-corrected chi connectivity index (χ2v) is 8.12. The smallest absolute Gasteiger partial charge is 0.214 e. The first-order chi connectivity index (χ1) is 9.56. The minimum absolute atomic E-state index is 0.158. The van der Waals surface area contributed by atoms with Crippen molar-refractivity contribution in [3.63, 3.8) is 0 Å². The predicted octanol–water partition coefficient (Wildman–Crippen LogP) is 0.895. The van der Waals surface area contributed by atoms with Gasteiger partial charge >= 0.3 is 0 Å². The molecular formula is C14H28N2O3S. The number of piperazine rings is 1. The summed E-state index contributed by atoms with van der Waals surface area (Å²) in [5.41, 5.74) is 0. The van der Waals surface area contributed by atoms with Crippen molar-refractivity contribution in [1.29, 1.82) is 0 Å². The number of sulfonamides is 1. The molecular weight excluding hydrogens is 276 g/mol. The average molecular weight is 304 g/mol. The van der Waals surface area contributed by atoms with Gasteiger partial charge in [0.1, 0.15) is 0 Å². The van der Waals surface area contributed by atoms with Crippen LogP contribution in [-0.2, 0) is 10.0 Å². The second kappa shape index (κ2) is 7.20. The van der Waals surface area contributed by atoms with Crippen molar-refractivity contribution in [3.8, 4) is 0 Å². The maximum atomic E-state index is 12.4. The zero-order valence-electron chi connectivity index (χ0n) is 12.5. The summed E-state index contributed by atoms with van der Waals surface area (Å²) in [6, 6.07) is 0.176. The lowest BCUT2D eigenvalue weighted by molar-refractivity contribution is 0.0880. The monoisotopic (exact) mass is 304 g/mol. The molecule has 2 fully saturated rings. The lowest BCUT2D eigenvalue weighted by Crippen LogP contribution is -2.53. The molecule has 1 aliphatic carbocycles. The van der Waals surface area contributed by atoms with Gasteiger partial charge in [-0.1, -0.05) is 19.8 Å². The highest BCUT2D eigenvalue weighted by atomic mass is 32.2. The molecule has 0 aromatic rings. The fourth-order valence-corrected chi connectivity index (χ4v) is 5.29. The van der Waals surface area contributed by atoms with Crippen molar-refractivity contribution >= 4 is 10.0 Å². The van der Waals surface area contributed by atoms with Gasteiger partial charge in [-0.15, -0.1) is 0 Å². The Labute approximate surface area is 123 Å². The molecule has 0 aromatic carbocycles. The summed E-state index contributed by atoms with van der Waals surface area (Å²) in [5, 5.41) is 9.32. The first kappa shape index (κ1) is 16.2. The molecule has 1 unspecified atom stereocenters. The van der Waals surface area contributed by atoms with Crippen LogP contribution < -0.4 is 0 Å². The lowest BCUT2D eigenvalue weighted by Gasteiger charge is -2.38. The number of rotatable bonds is 6. The molecule has 1 aliphatic heterocycles. The van der Waals surface area contributed by atoms with E-state index in [9.17, 15) is 13.5 Å². The first-order valence-electron chi connectivity index (χ1n) is 7.89. The van der Waals surface area contributed by atoms with Crippen LogP contribution in [-0.4, -0.2) is 67.3 Å². The molecule has 1 saturated heterocycles. The Morgan fingerprint density at radius 1 is 1.15 bits per heavy atom. The Morgan fingerprint density at radius 3 is 2.25 bits per heavy atom. The van der Waals surface area contributed by atoms with E-state index in [4.69, 9.17) is 0 Å². The summed E-state index contributed by atoms with van der Waals surface area (Å²) >= 11 is 0. The van der Waals surface area contributed by atoms with Gasteiger partial charge in [-0.05, 0) is 25.2 Å². The minimum atomic E-state index is -3.09. The molecule has 1 N–H and O–H groups in total. The van der Waals surface area contributed by atoms with Gasteiger partial charge in [-0.2, -0.15) is 4.31 Å². The minimum Gasteiger partial charge on any atom is -0.395 e. The summed E-state index contributed by atoms with van der Waals surface area (Å²) in [6.45, 7) is 4.85. The van der Waals surface area contributed by atoms with Crippen LogP contribution >= 0.6 is 0 Å². The van der Waals surface area contributed by atoms with Gasteiger partial charge in [-0.3, -0.25) is 4.90 Å². The van der Waals surface area contributed by atoms with Crippen LogP contribution in [0.15, 0.2) is 0 Å². The fourth-order valence-electron chi connectivity index (χ4n) is 3.43. The number of nitrogens with zero attached hydrogens (tertiary/aromatic N) is 2. The molecule has 2 aliphatic rings. The van der Waals surface area contributed by atoms with E-state index in [1.807, 2.05) is 0 Å². The standard InChI is InChI=1S/C14H28N2O3S/c1-2-14(11-17)15-7-9-16(10-8-15)20(18,19)12-13-5-3-4-6-13/h13-14,17H,2-12H2,1H3. The molecule has 20 heavy (non-hydrogen) atoms. The molecule has 1 heterocycles. The van der Waals surface area contributed by atoms with E-state index in [0.717, 1.165) is 32.4 Å². The zero-order chi connectivity index (χ0) is 14.6. The summed E-state index contributed by atoms with van der Waals surface area (Å²) in [6.07, 6.45) is 5.42. The van der Waals surface area contributed by atoms with Gasteiger partial charge in [-0.25, -0.2) is 8.42 Å². The summed E-state index contributed by atoms with van der Waals surface area (Å²) in [4.78, 5) is 2.21. The fraction of sp³-hybridized carbons (Fsp3) is 1.00. The van der Waals surface area contributed by atoms with Crippen molar-refractivity contribution in [2.45, 2.75) is 45.1 Å². The molecule has 0 radical (unpaired) electrons. The van der Waals surface area contributed by atoms with E-state index in [0.29, 0.717) is 24.8 Å². The van der Waals surface area contributed by atoms with E-state index in [2.05, 4.69) is 11.8 Å². The van der Waals surface area contributed by atoms with Crippen LogP contribution in [0.2, 0.25) is 0 Å². The average Bonchev–Trinajstić information content (AvgIpc) is 2.93. The molecule has 1 saturated carbocycles. The number of hydrogen-bond acceptors (Lipinski definition) is 4. The highest BCUT2D eigenvalue weighted by Gasteiger charge is 2.31. The van der Waals surface area contributed by atoms with Crippen molar-refractivity contribution in [2.24, 2.45) is 5.92 Å². The summed E-state index contributed by atoms with van der Waals surface area (Å²) < 4.78 is 26.5. The molecule has 118 valence electrons. The van der Waals surface area contributed by atoms with Gasteiger partial charge in [0.05, 0.1) is 12.4 Å². The van der Waals surface area contributed by atoms with Gasteiger partial charge in [0.2, 0.25) is 10.0 Å².